The van der Waals surface area contributed by atoms with Crippen LogP contribution in [0, 0.1) is 0 Å². The Morgan fingerprint density at radius 1 is 0.917 bits per heavy atom. The van der Waals surface area contributed by atoms with E-state index in [9.17, 15) is 0 Å². The van der Waals surface area contributed by atoms with Gasteiger partial charge in [-0.05, 0) is 21.1 Å². The summed E-state index contributed by atoms with van der Waals surface area (Å²) in [6, 6.07) is 0. The van der Waals surface area contributed by atoms with Crippen LogP contribution in [0.4, 0.5) is 0 Å². The van der Waals surface area contributed by atoms with Gasteiger partial charge in [0.2, 0.25) is 0 Å². The normalized spacial score (nSPS) is 7.17. The second kappa shape index (κ2) is 12.6. The topological polar surface area (TPSA) is 77.8 Å². The summed E-state index contributed by atoms with van der Waals surface area (Å²) in [5.41, 5.74) is 0. The molecule has 0 aromatic carbocycles. The van der Waals surface area contributed by atoms with Crippen LogP contribution >= 0.6 is 0 Å². The second-order valence-electron chi connectivity index (χ2n) is 2.38. The molecule has 0 amide bonds. The molecular weight excluding hydrogens is 162 g/mol. The highest BCUT2D eigenvalue weighted by molar-refractivity contribution is 5.63. The summed E-state index contributed by atoms with van der Waals surface area (Å²) in [5.74, 6) is -1.67. The lowest BCUT2D eigenvalue weighted by Crippen LogP contribution is -1.99. The summed E-state index contributed by atoms with van der Waals surface area (Å²) in [5, 5.41) is 14.8. The molecule has 0 saturated heterocycles. The smallest absolute Gasteiger partial charge is 0.300 e. The number of rotatable bonds is 0. The van der Waals surface area contributed by atoms with Crippen molar-refractivity contribution in [1.29, 1.82) is 0 Å². The van der Waals surface area contributed by atoms with E-state index < -0.39 is 11.9 Å². The highest BCUT2D eigenvalue weighted by atomic mass is 16.4. The van der Waals surface area contributed by atoms with Gasteiger partial charge in [-0.3, -0.25) is 9.59 Å². The van der Waals surface area contributed by atoms with Crippen LogP contribution in [-0.2, 0) is 9.59 Å². The molecule has 0 aromatic rings. The van der Waals surface area contributed by atoms with Crippen molar-refractivity contribution in [3.05, 3.63) is 0 Å². The number of aliphatic carboxylic acids is 2. The first-order valence-electron chi connectivity index (χ1n) is 3.20. The fourth-order valence-corrected chi connectivity index (χ4v) is 0. The van der Waals surface area contributed by atoms with Gasteiger partial charge in [-0.2, -0.15) is 0 Å². The number of carbonyl (C=O) groups is 2. The predicted molar refractivity (Wildman–Crippen MR) is 46.2 cm³/mol. The van der Waals surface area contributed by atoms with Crippen LogP contribution in [0.5, 0.6) is 0 Å². The monoisotopic (exact) mass is 179 g/mol. The van der Waals surface area contributed by atoms with Gasteiger partial charge in [0.15, 0.2) is 0 Å². The van der Waals surface area contributed by atoms with Crippen LogP contribution in [0.15, 0.2) is 0 Å². The van der Waals surface area contributed by atoms with Crippen molar-refractivity contribution in [2.24, 2.45) is 0 Å². The van der Waals surface area contributed by atoms with Crippen molar-refractivity contribution in [3.63, 3.8) is 0 Å². The molecule has 0 aliphatic heterocycles. The molecule has 0 spiro atoms. The summed E-state index contributed by atoms with van der Waals surface area (Å²) >= 11 is 0. The Hall–Kier alpha value is -1.10. The van der Waals surface area contributed by atoms with Crippen molar-refractivity contribution in [3.8, 4) is 0 Å². The van der Waals surface area contributed by atoms with E-state index in [-0.39, 0.29) is 0 Å². The molecule has 0 aromatic heterocycles. The lowest BCUT2D eigenvalue weighted by molar-refractivity contribution is -0.135. The molecule has 0 aliphatic carbocycles. The maximum absolute atomic E-state index is 9.00. The Morgan fingerprint density at radius 3 is 0.917 bits per heavy atom. The van der Waals surface area contributed by atoms with Crippen LogP contribution < -0.4 is 0 Å². The maximum atomic E-state index is 9.00. The van der Waals surface area contributed by atoms with E-state index in [1.807, 2.05) is 26.0 Å². The first kappa shape index (κ1) is 17.1. The zero-order valence-corrected chi connectivity index (χ0v) is 8.16. The average Bonchev–Trinajstić information content (AvgIpc) is 1.54. The Kier molecular flexibility index (Phi) is 17.9. The molecule has 0 fully saturated rings. The van der Waals surface area contributed by atoms with Crippen molar-refractivity contribution >= 4 is 11.9 Å². The number of hydrogen-bond acceptors (Lipinski definition) is 3. The Balaban J connectivity index is -0.000000101. The van der Waals surface area contributed by atoms with Crippen LogP contribution in [0.3, 0.4) is 0 Å². The first-order valence-corrected chi connectivity index (χ1v) is 3.20. The third-order valence-corrected chi connectivity index (χ3v) is 0. The molecule has 12 heavy (non-hydrogen) atoms. The van der Waals surface area contributed by atoms with Crippen LogP contribution in [0.1, 0.15) is 13.8 Å². The molecule has 0 radical (unpaired) electrons. The third kappa shape index (κ3) is 459. The van der Waals surface area contributed by atoms with Crippen LogP contribution in [0.2, 0.25) is 0 Å². The van der Waals surface area contributed by atoms with Crippen LogP contribution in [-0.4, -0.2) is 48.2 Å². The molecular formula is C7H17NO4. The lowest BCUT2D eigenvalue weighted by atomic mass is 10.9. The molecule has 5 nitrogen and oxygen atoms in total. The SMILES string of the molecule is CC(=O)O.CC(=O)O.CN(C)C. The number of carboxylic acid groups (broad SMARTS) is 2. The fourth-order valence-electron chi connectivity index (χ4n) is 0. The average molecular weight is 179 g/mol. The minimum absolute atomic E-state index is 0.833. The molecule has 0 atom stereocenters. The van der Waals surface area contributed by atoms with E-state index in [0.717, 1.165) is 13.8 Å². The van der Waals surface area contributed by atoms with Crippen molar-refractivity contribution in [2.75, 3.05) is 21.1 Å². The largest absolute Gasteiger partial charge is 0.481 e. The van der Waals surface area contributed by atoms with E-state index in [4.69, 9.17) is 19.8 Å². The Labute approximate surface area is 72.6 Å². The highest BCUT2D eigenvalue weighted by Gasteiger charge is 1.65. The van der Waals surface area contributed by atoms with Crippen molar-refractivity contribution in [2.45, 2.75) is 13.8 Å². The molecule has 0 rings (SSSR count). The third-order valence-electron chi connectivity index (χ3n) is 0. The number of hydrogen-bond donors (Lipinski definition) is 2. The molecule has 2 N–H and O–H groups in total. The Bertz CT molecular complexity index is 99.8. The molecule has 0 bridgehead atoms. The molecule has 5 heteroatoms. The molecule has 74 valence electrons. The summed E-state index contributed by atoms with van der Waals surface area (Å²) in [4.78, 5) is 20.0. The molecule has 0 aliphatic rings. The summed E-state index contributed by atoms with van der Waals surface area (Å²) in [6.45, 7) is 2.17. The Morgan fingerprint density at radius 2 is 0.917 bits per heavy atom. The minimum Gasteiger partial charge on any atom is -0.481 e. The van der Waals surface area contributed by atoms with E-state index >= 15 is 0 Å². The van der Waals surface area contributed by atoms with Gasteiger partial charge in [-0.25, -0.2) is 0 Å². The van der Waals surface area contributed by atoms with E-state index in [1.165, 1.54) is 0 Å². The standard InChI is InChI=1S/C3H9N.2C2H4O2/c1-4(2)3;2*1-2(3)4/h1-3H3;2*1H3,(H,3,4). The van der Waals surface area contributed by atoms with Crippen LogP contribution in [0.25, 0.3) is 0 Å². The summed E-state index contributed by atoms with van der Waals surface area (Å²) in [7, 11) is 6.00. The van der Waals surface area contributed by atoms with Gasteiger partial charge >= 0.3 is 0 Å². The van der Waals surface area contributed by atoms with E-state index in [0.29, 0.717) is 0 Å². The number of nitrogens with zero attached hydrogens (tertiary/aromatic N) is 1. The second-order valence-corrected chi connectivity index (χ2v) is 2.38. The highest BCUT2D eigenvalue weighted by Crippen LogP contribution is 1.47. The summed E-state index contributed by atoms with van der Waals surface area (Å²) in [6.07, 6.45) is 0. The number of carboxylic acids is 2. The van der Waals surface area contributed by atoms with E-state index in [2.05, 4.69) is 0 Å². The van der Waals surface area contributed by atoms with Gasteiger partial charge in [0.05, 0.1) is 0 Å². The lowest BCUT2D eigenvalue weighted by Gasteiger charge is -1.90. The van der Waals surface area contributed by atoms with E-state index in [1.54, 1.807) is 0 Å². The van der Waals surface area contributed by atoms with Gasteiger partial charge in [0, 0.05) is 13.8 Å². The first-order chi connectivity index (χ1) is 5.20. The molecule has 0 heterocycles. The maximum Gasteiger partial charge on any atom is 0.300 e. The van der Waals surface area contributed by atoms with Gasteiger partial charge in [0.25, 0.3) is 11.9 Å². The predicted octanol–water partition coefficient (Wildman–Crippen LogP) is 0.360. The molecule has 0 saturated carbocycles. The molecule has 0 unspecified atom stereocenters. The fraction of sp³-hybridized carbons (Fsp3) is 0.714. The van der Waals surface area contributed by atoms with Gasteiger partial charge in [-0.1, -0.05) is 0 Å². The van der Waals surface area contributed by atoms with Crippen molar-refractivity contribution in [1.82, 2.24) is 4.90 Å². The summed E-state index contributed by atoms with van der Waals surface area (Å²) < 4.78 is 0. The van der Waals surface area contributed by atoms with Crippen molar-refractivity contribution < 1.29 is 19.8 Å². The minimum atomic E-state index is -0.833. The zero-order valence-electron chi connectivity index (χ0n) is 8.16. The quantitative estimate of drug-likeness (QED) is 0.561. The van der Waals surface area contributed by atoms with Gasteiger partial charge < -0.3 is 15.1 Å². The van der Waals surface area contributed by atoms with Gasteiger partial charge in [0.1, 0.15) is 0 Å². The zero-order chi connectivity index (χ0) is 10.7. The van der Waals surface area contributed by atoms with Gasteiger partial charge in [-0.15, -0.1) is 0 Å².